The maximum atomic E-state index is 15.0. The van der Waals surface area contributed by atoms with Gasteiger partial charge in [-0.15, -0.1) is 0 Å². The van der Waals surface area contributed by atoms with E-state index in [9.17, 15) is 42.8 Å². The highest BCUT2D eigenvalue weighted by atomic mass is 19.1. The average molecular weight is 1080 g/mol. The second-order valence-electron chi connectivity index (χ2n) is 22.6. The number of fused-ring (bicyclic) bond motifs is 2. The van der Waals surface area contributed by atoms with E-state index in [-0.39, 0.29) is 52.9 Å². The molecule has 2 saturated carbocycles. The van der Waals surface area contributed by atoms with Crippen molar-refractivity contribution < 1.29 is 42.3 Å². The van der Waals surface area contributed by atoms with Gasteiger partial charge in [0, 0.05) is 125 Å². The van der Waals surface area contributed by atoms with Crippen LogP contribution in [0.25, 0.3) is 16.6 Å². The number of nitrogens with zero attached hydrogens (tertiary/aromatic N) is 10. The monoisotopic (exact) mass is 1080 g/mol. The SMILES string of the molecule is CCOc1cc(-c2ccc(N3CCC(CN4CCN(C(=O)C5CC6(C5)CC(C(=O)N5CCN(c7ccc8c(c7)C(=O)N(C7CCC(=O)NC7=O)C8)CC5)C6)CC4)(NC(=O)c4cc(F)ccc4F)CC3)nc2)c2c(C#N)cnn2c1. The van der Waals surface area contributed by atoms with Gasteiger partial charge in [0.2, 0.25) is 23.6 Å². The number of carbonyl (C=O) groups is 6. The Labute approximate surface area is 455 Å². The number of rotatable bonds is 12. The number of nitrogens with one attached hydrogen (secondary N) is 2. The van der Waals surface area contributed by atoms with Gasteiger partial charge in [0.05, 0.1) is 41.2 Å². The Morgan fingerprint density at radius 2 is 1.53 bits per heavy atom. The van der Waals surface area contributed by atoms with Gasteiger partial charge in [0.25, 0.3) is 11.8 Å². The highest BCUT2D eigenvalue weighted by molar-refractivity contribution is 6.06. The lowest BCUT2D eigenvalue weighted by atomic mass is 9.47. The summed E-state index contributed by atoms with van der Waals surface area (Å²) in [6, 6.07) is 16.0. The molecule has 0 bridgehead atoms. The van der Waals surface area contributed by atoms with E-state index in [2.05, 4.69) is 36.5 Å². The molecule has 19 nitrogen and oxygen atoms in total. The minimum Gasteiger partial charge on any atom is -0.492 e. The smallest absolute Gasteiger partial charge is 0.255 e. The molecule has 7 aliphatic rings. The Bertz CT molecular complexity index is 3310. The number of piperazine rings is 2. The highest BCUT2D eigenvalue weighted by Crippen LogP contribution is 2.62. The molecule has 1 atom stereocenters. The van der Waals surface area contributed by atoms with Crippen LogP contribution in [-0.2, 0) is 25.7 Å². The van der Waals surface area contributed by atoms with E-state index in [4.69, 9.17) is 9.72 Å². The van der Waals surface area contributed by atoms with Crippen molar-refractivity contribution in [2.45, 2.75) is 76.4 Å². The summed E-state index contributed by atoms with van der Waals surface area (Å²) in [6.07, 6.45) is 9.66. The molecule has 410 valence electrons. The lowest BCUT2D eigenvalue weighted by Gasteiger charge is -2.58. The molecule has 2 aromatic carbocycles. The summed E-state index contributed by atoms with van der Waals surface area (Å²) in [5.41, 5.74) is 3.81. The molecule has 0 radical (unpaired) electrons. The van der Waals surface area contributed by atoms with E-state index in [0.29, 0.717) is 127 Å². The third-order valence-corrected chi connectivity index (χ3v) is 17.8. The van der Waals surface area contributed by atoms with Gasteiger partial charge >= 0.3 is 0 Å². The summed E-state index contributed by atoms with van der Waals surface area (Å²) in [7, 11) is 0. The third kappa shape index (κ3) is 9.88. The molecular weight excluding hydrogens is 1010 g/mol. The van der Waals surface area contributed by atoms with Crippen LogP contribution in [0.5, 0.6) is 5.75 Å². The second kappa shape index (κ2) is 20.7. The number of nitriles is 1. The summed E-state index contributed by atoms with van der Waals surface area (Å²) >= 11 is 0. The number of halogens is 2. The van der Waals surface area contributed by atoms with Crippen molar-refractivity contribution in [3.63, 3.8) is 0 Å². The number of pyridine rings is 2. The number of ether oxygens (including phenoxy) is 1. The van der Waals surface area contributed by atoms with Crippen LogP contribution in [0.1, 0.15) is 90.1 Å². The second-order valence-corrected chi connectivity index (χ2v) is 22.6. The Balaban J connectivity index is 0.621. The zero-order valence-electron chi connectivity index (χ0n) is 44.1. The zero-order valence-corrected chi connectivity index (χ0v) is 44.1. The zero-order chi connectivity index (χ0) is 54.7. The first-order valence-electron chi connectivity index (χ1n) is 27.5. The fourth-order valence-corrected chi connectivity index (χ4v) is 13.5. The van der Waals surface area contributed by atoms with Crippen molar-refractivity contribution in [3.05, 3.63) is 107 Å². The van der Waals surface area contributed by atoms with Crippen molar-refractivity contribution in [1.82, 2.24) is 44.8 Å². The molecule has 21 heteroatoms. The number of amides is 6. The summed E-state index contributed by atoms with van der Waals surface area (Å²) in [5, 5.41) is 19.7. The first kappa shape index (κ1) is 51.7. The van der Waals surface area contributed by atoms with Crippen LogP contribution in [-0.4, -0.2) is 160 Å². The topological polar surface area (TPSA) is 209 Å². The number of aromatic nitrogens is 3. The fourth-order valence-electron chi connectivity index (χ4n) is 13.5. The molecule has 3 aromatic heterocycles. The van der Waals surface area contributed by atoms with Crippen molar-refractivity contribution >= 4 is 52.5 Å². The largest absolute Gasteiger partial charge is 0.492 e. The number of hydrogen-bond donors (Lipinski definition) is 2. The highest BCUT2D eigenvalue weighted by Gasteiger charge is 2.57. The van der Waals surface area contributed by atoms with Crippen LogP contribution in [0.2, 0.25) is 0 Å². The van der Waals surface area contributed by atoms with Gasteiger partial charge < -0.3 is 34.6 Å². The molecule has 2 aliphatic carbocycles. The lowest BCUT2D eigenvalue weighted by molar-refractivity contribution is -0.161. The quantitative estimate of drug-likeness (QED) is 0.162. The fraction of sp³-hybridized carbons (Fsp3) is 0.466. The van der Waals surface area contributed by atoms with Gasteiger partial charge in [0.1, 0.15) is 35.3 Å². The first-order chi connectivity index (χ1) is 38.2. The summed E-state index contributed by atoms with van der Waals surface area (Å²) in [6.45, 7) is 8.80. The molecule has 1 spiro atoms. The molecule has 2 N–H and O–H groups in total. The Morgan fingerprint density at radius 3 is 2.19 bits per heavy atom. The summed E-state index contributed by atoms with van der Waals surface area (Å²) in [4.78, 5) is 96.0. The van der Waals surface area contributed by atoms with Crippen LogP contribution >= 0.6 is 0 Å². The van der Waals surface area contributed by atoms with Gasteiger partial charge in [0.15, 0.2) is 0 Å². The Hall–Kier alpha value is -7.99. The predicted molar refractivity (Wildman–Crippen MR) is 284 cm³/mol. The number of hydrogen-bond acceptors (Lipinski definition) is 13. The van der Waals surface area contributed by atoms with Crippen molar-refractivity contribution in [2.75, 3.05) is 88.4 Å². The van der Waals surface area contributed by atoms with Crippen LogP contribution < -0.4 is 25.2 Å². The molecule has 5 aliphatic heterocycles. The molecular formula is C58H62F2N12O7. The number of imide groups is 1. The maximum absolute atomic E-state index is 15.0. The molecule has 8 heterocycles. The molecule has 1 unspecified atom stereocenters. The van der Waals surface area contributed by atoms with E-state index >= 15 is 0 Å². The lowest BCUT2D eigenvalue weighted by Crippen LogP contribution is -2.63. The predicted octanol–water partition coefficient (Wildman–Crippen LogP) is 4.77. The molecule has 4 saturated heterocycles. The van der Waals surface area contributed by atoms with Crippen LogP contribution in [0.15, 0.2) is 73.2 Å². The van der Waals surface area contributed by atoms with E-state index in [1.165, 1.54) is 6.20 Å². The van der Waals surface area contributed by atoms with Gasteiger partial charge in [-0.2, -0.15) is 10.4 Å². The standard InChI is InChI=1S/C58H62F2N12O7/c1-2-79-43-25-44(51-40(30-61)32-63-72(51)34-43)36-4-9-49(62-31-36)68-13-11-58(12-14-68,65-52(74)46-23-41(59)5-7-47(46)60)35-66-15-17-69(18-16-66)54(76)38-26-57(27-38)28-39(29-57)55(77)70-21-19-67(20-22-70)42-6-3-37-33-71(56(78)45(37)24-42)48-8-10-50(73)64-53(48)75/h3-7,9,23-25,31-32,34,38-39,48H,2,8,10-22,26-29,33,35H2,1H3,(H,65,74)(H,64,73,75). The maximum Gasteiger partial charge on any atom is 0.255 e. The van der Waals surface area contributed by atoms with Gasteiger partial charge in [-0.05, 0) is 111 Å². The first-order valence-corrected chi connectivity index (χ1v) is 27.5. The van der Waals surface area contributed by atoms with E-state index < -0.39 is 35.0 Å². The van der Waals surface area contributed by atoms with E-state index in [1.54, 1.807) is 21.8 Å². The Kier molecular flexibility index (Phi) is 13.5. The molecule has 6 amide bonds. The van der Waals surface area contributed by atoms with Gasteiger partial charge in [-0.3, -0.25) is 39.0 Å². The normalized spacial score (nSPS) is 23.9. The molecule has 79 heavy (non-hydrogen) atoms. The van der Waals surface area contributed by atoms with Crippen molar-refractivity contribution in [2.24, 2.45) is 17.3 Å². The summed E-state index contributed by atoms with van der Waals surface area (Å²) < 4.78 is 36.8. The van der Waals surface area contributed by atoms with Crippen molar-refractivity contribution in [3.8, 4) is 22.9 Å². The minimum atomic E-state index is -0.807. The number of anilines is 2. The van der Waals surface area contributed by atoms with E-state index in [0.717, 1.165) is 72.1 Å². The van der Waals surface area contributed by atoms with Crippen molar-refractivity contribution in [1.29, 1.82) is 5.26 Å². The molecule has 5 aromatic rings. The third-order valence-electron chi connectivity index (χ3n) is 17.8. The van der Waals surface area contributed by atoms with Crippen LogP contribution in [0, 0.1) is 40.2 Å². The molecule has 6 fully saturated rings. The number of benzene rings is 2. The number of carbonyl (C=O) groups excluding carboxylic acids is 6. The van der Waals surface area contributed by atoms with Gasteiger partial charge in [-0.1, -0.05) is 6.07 Å². The molecule has 12 rings (SSSR count). The van der Waals surface area contributed by atoms with Crippen LogP contribution in [0.4, 0.5) is 20.3 Å². The summed E-state index contributed by atoms with van der Waals surface area (Å²) in [5.74, 6) is -1.65. The van der Waals surface area contributed by atoms with E-state index in [1.807, 2.05) is 53.1 Å². The number of piperidine rings is 2. The average Bonchev–Trinajstić information content (AvgIpc) is 4.20. The van der Waals surface area contributed by atoms with Gasteiger partial charge in [-0.25, -0.2) is 18.3 Å². The van der Waals surface area contributed by atoms with Crippen LogP contribution in [0.3, 0.4) is 0 Å². The Morgan fingerprint density at radius 1 is 0.823 bits per heavy atom. The minimum absolute atomic E-state index is 0.0200.